The van der Waals surface area contributed by atoms with E-state index in [0.29, 0.717) is 17.2 Å². The summed E-state index contributed by atoms with van der Waals surface area (Å²) in [6.45, 7) is 5.35. The van der Waals surface area contributed by atoms with Crippen molar-refractivity contribution >= 4 is 11.7 Å². The summed E-state index contributed by atoms with van der Waals surface area (Å²) in [6.07, 6.45) is -0.0577. The highest BCUT2D eigenvalue weighted by Crippen LogP contribution is 2.22. The van der Waals surface area contributed by atoms with Gasteiger partial charge in [-0.05, 0) is 50.6 Å². The van der Waals surface area contributed by atoms with Crippen LogP contribution in [-0.2, 0) is 10.3 Å². The maximum atomic E-state index is 12.1. The van der Waals surface area contributed by atoms with Crippen molar-refractivity contribution in [2.75, 3.05) is 19.0 Å². The maximum absolute atomic E-state index is 12.1. The van der Waals surface area contributed by atoms with Crippen molar-refractivity contribution in [1.29, 1.82) is 0 Å². The van der Waals surface area contributed by atoms with Crippen LogP contribution < -0.4 is 10.6 Å². The Labute approximate surface area is 141 Å². The molecule has 1 aromatic heterocycles. The maximum Gasteiger partial charge on any atom is 0.319 e. The second-order valence-corrected chi connectivity index (χ2v) is 6.00. The van der Waals surface area contributed by atoms with Crippen LogP contribution in [0.15, 0.2) is 40.8 Å². The van der Waals surface area contributed by atoms with Gasteiger partial charge in [0, 0.05) is 12.8 Å². The molecule has 2 aromatic rings. The zero-order chi connectivity index (χ0) is 17.7. The average Bonchev–Trinajstić information content (AvgIpc) is 3.00. The molecule has 0 unspecified atom stereocenters. The molecule has 0 saturated carbocycles. The minimum atomic E-state index is -1.28. The first-order valence-electron chi connectivity index (χ1n) is 7.79. The third kappa shape index (κ3) is 4.59. The van der Waals surface area contributed by atoms with Crippen LogP contribution in [0, 0.1) is 6.92 Å². The monoisotopic (exact) mass is 332 g/mol. The number of aryl methyl sites for hydroxylation is 1. The number of ether oxygens (including phenoxy) is 1. The number of aliphatic hydroxyl groups is 1. The van der Waals surface area contributed by atoms with E-state index in [2.05, 4.69) is 10.6 Å². The van der Waals surface area contributed by atoms with E-state index in [1.807, 2.05) is 25.1 Å². The normalized spacial score (nSPS) is 14.7. The van der Waals surface area contributed by atoms with Gasteiger partial charge in [0.1, 0.15) is 17.1 Å². The van der Waals surface area contributed by atoms with E-state index >= 15 is 0 Å². The molecule has 2 amide bonds. The van der Waals surface area contributed by atoms with E-state index in [4.69, 9.17) is 9.15 Å². The fourth-order valence-corrected chi connectivity index (χ4v) is 2.24. The molecule has 0 saturated heterocycles. The number of carbonyl (C=O) groups excluding carboxylic acids is 1. The molecule has 0 radical (unpaired) electrons. The van der Waals surface area contributed by atoms with Crippen molar-refractivity contribution in [3.63, 3.8) is 0 Å². The summed E-state index contributed by atoms with van der Waals surface area (Å²) in [7, 11) is 1.63. The van der Waals surface area contributed by atoms with E-state index in [9.17, 15) is 9.90 Å². The van der Waals surface area contributed by atoms with E-state index in [0.717, 1.165) is 5.56 Å². The Morgan fingerprint density at radius 1 is 1.38 bits per heavy atom. The lowest BCUT2D eigenvalue weighted by Crippen LogP contribution is -2.40. The topological polar surface area (TPSA) is 83.7 Å². The van der Waals surface area contributed by atoms with Crippen LogP contribution in [0.25, 0.3) is 0 Å². The molecule has 6 heteroatoms. The molecule has 130 valence electrons. The lowest BCUT2D eigenvalue weighted by Gasteiger charge is -2.21. The average molecular weight is 332 g/mol. The predicted molar refractivity (Wildman–Crippen MR) is 91.9 cm³/mol. The lowest BCUT2D eigenvalue weighted by atomic mass is 10.0. The molecule has 2 atom stereocenters. The van der Waals surface area contributed by atoms with E-state index in [1.54, 1.807) is 39.2 Å². The number of hydrogen-bond acceptors (Lipinski definition) is 4. The Morgan fingerprint density at radius 3 is 2.75 bits per heavy atom. The van der Waals surface area contributed by atoms with Gasteiger partial charge in [-0.15, -0.1) is 0 Å². The number of anilines is 1. The molecule has 1 aromatic carbocycles. The van der Waals surface area contributed by atoms with Crippen molar-refractivity contribution in [1.82, 2.24) is 5.32 Å². The summed E-state index contributed by atoms with van der Waals surface area (Å²) in [5.41, 5.74) is 0.341. The molecule has 0 aliphatic heterocycles. The largest absolute Gasteiger partial charge is 0.463 e. The fourth-order valence-electron chi connectivity index (χ4n) is 2.24. The molecule has 2 rings (SSSR count). The molecule has 0 fully saturated rings. The quantitative estimate of drug-likeness (QED) is 0.757. The van der Waals surface area contributed by atoms with Crippen LogP contribution in [0.4, 0.5) is 10.5 Å². The van der Waals surface area contributed by atoms with Crippen LogP contribution in [0.2, 0.25) is 0 Å². The number of methoxy groups -OCH3 is 1. The summed E-state index contributed by atoms with van der Waals surface area (Å²) in [6, 6.07) is 10.5. The molecule has 0 aliphatic rings. The molecule has 3 N–H and O–H groups in total. The number of hydrogen-bond donors (Lipinski definition) is 3. The van der Waals surface area contributed by atoms with Gasteiger partial charge in [-0.25, -0.2) is 4.79 Å². The molecule has 24 heavy (non-hydrogen) atoms. The summed E-state index contributed by atoms with van der Waals surface area (Å²) in [5, 5.41) is 15.8. The van der Waals surface area contributed by atoms with Crippen molar-refractivity contribution < 1.29 is 19.1 Å². The Bertz CT molecular complexity index is 694. The van der Waals surface area contributed by atoms with Crippen LogP contribution in [-0.4, -0.2) is 24.8 Å². The van der Waals surface area contributed by atoms with Gasteiger partial charge in [-0.1, -0.05) is 12.1 Å². The van der Waals surface area contributed by atoms with Gasteiger partial charge in [0.05, 0.1) is 12.6 Å². The van der Waals surface area contributed by atoms with Crippen molar-refractivity contribution in [3.8, 4) is 0 Å². The molecule has 1 heterocycles. The number of nitrogens with one attached hydrogen (secondary N) is 2. The fraction of sp³-hybridized carbons (Fsp3) is 0.389. The first-order valence-corrected chi connectivity index (χ1v) is 7.79. The third-order valence-corrected chi connectivity index (χ3v) is 3.83. The lowest BCUT2D eigenvalue weighted by molar-refractivity contribution is 0.0364. The Morgan fingerprint density at radius 2 is 2.12 bits per heavy atom. The highest BCUT2D eigenvalue weighted by molar-refractivity contribution is 5.89. The Kier molecular flexibility index (Phi) is 5.64. The Hall–Kier alpha value is -2.31. The second-order valence-electron chi connectivity index (χ2n) is 6.00. The SMILES string of the molecule is CO[C@H](C)c1cccc(NC(=O)NC[C@](C)(O)c2ccc(C)o2)c1. The molecular formula is C18H24N2O4. The number of rotatable bonds is 6. The third-order valence-electron chi connectivity index (χ3n) is 3.83. The molecule has 6 nitrogen and oxygen atoms in total. The molecule has 0 bridgehead atoms. The minimum Gasteiger partial charge on any atom is -0.463 e. The summed E-state index contributed by atoms with van der Waals surface area (Å²) >= 11 is 0. The summed E-state index contributed by atoms with van der Waals surface area (Å²) in [5.74, 6) is 1.12. The number of benzene rings is 1. The van der Waals surface area contributed by atoms with Gasteiger partial charge in [0.25, 0.3) is 0 Å². The second kappa shape index (κ2) is 7.51. The zero-order valence-corrected chi connectivity index (χ0v) is 14.4. The van der Waals surface area contributed by atoms with E-state index < -0.39 is 11.6 Å². The van der Waals surface area contributed by atoms with Gasteiger partial charge in [-0.3, -0.25) is 0 Å². The van der Waals surface area contributed by atoms with Crippen molar-refractivity contribution in [2.24, 2.45) is 0 Å². The molecule has 0 aliphatic carbocycles. The standard InChI is InChI=1S/C18H24N2O4/c1-12-8-9-16(24-12)18(3,22)11-19-17(21)20-15-7-5-6-14(10-15)13(2)23-4/h5-10,13,22H,11H2,1-4H3,(H2,19,20,21)/t13-,18+/m1/s1. The highest BCUT2D eigenvalue weighted by atomic mass is 16.5. The van der Waals surface area contributed by atoms with Gasteiger partial charge in [0.15, 0.2) is 0 Å². The zero-order valence-electron chi connectivity index (χ0n) is 14.4. The first-order chi connectivity index (χ1) is 11.3. The summed E-state index contributed by atoms with van der Waals surface area (Å²) in [4.78, 5) is 12.1. The molecule has 0 spiro atoms. The predicted octanol–water partition coefficient (Wildman–Crippen LogP) is 3.32. The van der Waals surface area contributed by atoms with Crippen molar-refractivity contribution in [3.05, 3.63) is 53.5 Å². The smallest absolute Gasteiger partial charge is 0.319 e. The van der Waals surface area contributed by atoms with Crippen molar-refractivity contribution in [2.45, 2.75) is 32.5 Å². The van der Waals surface area contributed by atoms with Gasteiger partial charge >= 0.3 is 6.03 Å². The van der Waals surface area contributed by atoms with E-state index in [-0.39, 0.29) is 12.6 Å². The molecular weight excluding hydrogens is 308 g/mol. The summed E-state index contributed by atoms with van der Waals surface area (Å²) < 4.78 is 10.7. The van der Waals surface area contributed by atoms with Crippen LogP contribution in [0.3, 0.4) is 0 Å². The number of urea groups is 1. The first kappa shape index (κ1) is 18.0. The number of amides is 2. The van der Waals surface area contributed by atoms with Gasteiger partial charge in [0.2, 0.25) is 0 Å². The van der Waals surface area contributed by atoms with Crippen LogP contribution in [0.5, 0.6) is 0 Å². The van der Waals surface area contributed by atoms with Crippen LogP contribution >= 0.6 is 0 Å². The Balaban J connectivity index is 1.94. The van der Waals surface area contributed by atoms with Gasteiger partial charge < -0.3 is 24.9 Å². The number of furan rings is 1. The number of carbonyl (C=O) groups is 1. The minimum absolute atomic E-state index is 0.0277. The van der Waals surface area contributed by atoms with Crippen LogP contribution in [0.1, 0.15) is 37.0 Å². The highest BCUT2D eigenvalue weighted by Gasteiger charge is 2.27. The van der Waals surface area contributed by atoms with E-state index in [1.165, 1.54) is 0 Å². The van der Waals surface area contributed by atoms with Gasteiger partial charge in [-0.2, -0.15) is 0 Å².